The fourth-order valence-corrected chi connectivity index (χ4v) is 3.07. The monoisotopic (exact) mass is 333 g/mol. The smallest absolute Gasteiger partial charge is 0.308 e. The number of esters is 1. The molecule has 0 aliphatic carbocycles. The molecule has 1 fully saturated rings. The average molecular weight is 333 g/mol. The lowest BCUT2D eigenvalue weighted by atomic mass is 9.97. The number of amides is 1. The molecule has 5 heteroatoms. The summed E-state index contributed by atoms with van der Waals surface area (Å²) in [5, 5.41) is 0. The normalized spacial score (nSPS) is 16.8. The molecule has 1 saturated heterocycles. The highest BCUT2D eigenvalue weighted by Crippen LogP contribution is 2.27. The van der Waals surface area contributed by atoms with Crippen molar-refractivity contribution < 1.29 is 19.1 Å². The fraction of sp³-hybridized carbons (Fsp3) is 0.579. The van der Waals surface area contributed by atoms with Crippen molar-refractivity contribution in [2.24, 2.45) is 5.92 Å². The lowest BCUT2D eigenvalue weighted by molar-refractivity contribution is -0.150. The SMILES string of the molecule is COC(=O)C1CCN(C(=O)C(C)Oc2ccccc2C(C)C)CC1. The number of methoxy groups -OCH3 is 1. The van der Waals surface area contributed by atoms with E-state index in [4.69, 9.17) is 9.47 Å². The molecule has 2 rings (SSSR count). The Morgan fingerprint density at radius 2 is 1.75 bits per heavy atom. The van der Waals surface area contributed by atoms with Gasteiger partial charge in [-0.1, -0.05) is 32.0 Å². The van der Waals surface area contributed by atoms with E-state index >= 15 is 0 Å². The van der Waals surface area contributed by atoms with Crippen molar-refractivity contribution in [1.29, 1.82) is 0 Å². The summed E-state index contributed by atoms with van der Waals surface area (Å²) in [7, 11) is 1.40. The van der Waals surface area contributed by atoms with Crippen LogP contribution in [0.1, 0.15) is 45.1 Å². The first-order valence-electron chi connectivity index (χ1n) is 8.56. The van der Waals surface area contributed by atoms with Crippen molar-refractivity contribution in [1.82, 2.24) is 4.90 Å². The fourth-order valence-electron chi connectivity index (χ4n) is 3.07. The van der Waals surface area contributed by atoms with Crippen LogP contribution in [0.25, 0.3) is 0 Å². The van der Waals surface area contributed by atoms with Crippen molar-refractivity contribution >= 4 is 11.9 Å². The summed E-state index contributed by atoms with van der Waals surface area (Å²) >= 11 is 0. The number of likely N-dealkylation sites (tertiary alicyclic amines) is 1. The third-order valence-corrected chi connectivity index (χ3v) is 4.53. The van der Waals surface area contributed by atoms with E-state index in [1.54, 1.807) is 11.8 Å². The maximum absolute atomic E-state index is 12.6. The molecule has 0 radical (unpaired) electrons. The van der Waals surface area contributed by atoms with E-state index in [0.717, 1.165) is 11.3 Å². The largest absolute Gasteiger partial charge is 0.481 e. The zero-order valence-electron chi connectivity index (χ0n) is 15.0. The maximum Gasteiger partial charge on any atom is 0.308 e. The zero-order chi connectivity index (χ0) is 17.7. The number of ether oxygens (including phenoxy) is 2. The van der Waals surface area contributed by atoms with Gasteiger partial charge in [-0.15, -0.1) is 0 Å². The van der Waals surface area contributed by atoms with Crippen molar-refractivity contribution in [3.8, 4) is 5.75 Å². The summed E-state index contributed by atoms with van der Waals surface area (Å²) in [6, 6.07) is 7.83. The lowest BCUT2D eigenvalue weighted by Crippen LogP contribution is -2.45. The molecular weight excluding hydrogens is 306 g/mol. The topological polar surface area (TPSA) is 55.8 Å². The second kappa shape index (κ2) is 8.18. The highest BCUT2D eigenvalue weighted by molar-refractivity contribution is 5.81. The van der Waals surface area contributed by atoms with Crippen molar-refractivity contribution in [2.45, 2.75) is 45.6 Å². The first-order chi connectivity index (χ1) is 11.4. The van der Waals surface area contributed by atoms with Crippen LogP contribution in [0.5, 0.6) is 5.75 Å². The minimum Gasteiger partial charge on any atom is -0.481 e. The molecule has 1 atom stereocenters. The van der Waals surface area contributed by atoms with E-state index in [0.29, 0.717) is 31.8 Å². The first-order valence-corrected chi connectivity index (χ1v) is 8.56. The van der Waals surface area contributed by atoms with Gasteiger partial charge >= 0.3 is 5.97 Å². The van der Waals surface area contributed by atoms with Gasteiger partial charge in [0, 0.05) is 13.1 Å². The van der Waals surface area contributed by atoms with Crippen LogP contribution in [0, 0.1) is 5.92 Å². The molecule has 1 unspecified atom stereocenters. The van der Waals surface area contributed by atoms with Crippen LogP contribution < -0.4 is 4.74 Å². The number of hydrogen-bond donors (Lipinski definition) is 0. The molecule has 1 aliphatic rings. The number of nitrogens with zero attached hydrogens (tertiary/aromatic N) is 1. The molecule has 0 spiro atoms. The number of carbonyl (C=O) groups is 2. The van der Waals surface area contributed by atoms with Crippen LogP contribution in [0.2, 0.25) is 0 Å². The van der Waals surface area contributed by atoms with Gasteiger partial charge in [0.15, 0.2) is 6.10 Å². The van der Waals surface area contributed by atoms with Gasteiger partial charge < -0.3 is 14.4 Å². The number of benzene rings is 1. The Balaban J connectivity index is 1.95. The Hall–Kier alpha value is -2.04. The molecule has 0 aromatic heterocycles. The average Bonchev–Trinajstić information content (AvgIpc) is 2.60. The molecule has 1 aromatic rings. The molecular formula is C19H27NO4. The Labute approximate surface area is 143 Å². The van der Waals surface area contributed by atoms with Gasteiger partial charge in [-0.2, -0.15) is 0 Å². The minimum atomic E-state index is -0.542. The van der Waals surface area contributed by atoms with Crippen molar-refractivity contribution in [3.63, 3.8) is 0 Å². The van der Waals surface area contributed by atoms with Crippen LogP contribution >= 0.6 is 0 Å². The van der Waals surface area contributed by atoms with E-state index < -0.39 is 6.10 Å². The Morgan fingerprint density at radius 1 is 1.12 bits per heavy atom. The molecule has 0 bridgehead atoms. The zero-order valence-corrected chi connectivity index (χ0v) is 15.0. The summed E-state index contributed by atoms with van der Waals surface area (Å²) in [5.41, 5.74) is 1.10. The Kier molecular flexibility index (Phi) is 6.23. The minimum absolute atomic E-state index is 0.0307. The van der Waals surface area contributed by atoms with E-state index in [2.05, 4.69) is 13.8 Å². The number of rotatable bonds is 5. The highest BCUT2D eigenvalue weighted by atomic mass is 16.5. The molecule has 0 saturated carbocycles. The Bertz CT molecular complexity index is 576. The number of hydrogen-bond acceptors (Lipinski definition) is 4. The highest BCUT2D eigenvalue weighted by Gasteiger charge is 2.30. The predicted octanol–water partition coefficient (Wildman–Crippen LogP) is 2.99. The number of carbonyl (C=O) groups excluding carboxylic acids is 2. The van der Waals surface area contributed by atoms with Crippen molar-refractivity contribution in [3.05, 3.63) is 29.8 Å². The van der Waals surface area contributed by atoms with E-state index in [1.165, 1.54) is 7.11 Å². The molecule has 0 N–H and O–H groups in total. The van der Waals surface area contributed by atoms with Crippen LogP contribution in [0.4, 0.5) is 0 Å². The van der Waals surface area contributed by atoms with Crippen molar-refractivity contribution in [2.75, 3.05) is 20.2 Å². The third kappa shape index (κ3) is 4.28. The summed E-state index contributed by atoms with van der Waals surface area (Å²) in [6.07, 6.45) is 0.751. The standard InChI is InChI=1S/C19H27NO4/c1-13(2)16-7-5-6-8-17(16)24-14(3)18(21)20-11-9-15(10-12-20)19(22)23-4/h5-8,13-15H,9-12H2,1-4H3. The van der Waals surface area contributed by atoms with Gasteiger partial charge in [0.25, 0.3) is 5.91 Å². The number of para-hydroxylation sites is 1. The van der Waals surface area contributed by atoms with E-state index in [9.17, 15) is 9.59 Å². The van der Waals surface area contributed by atoms with E-state index in [-0.39, 0.29) is 17.8 Å². The summed E-state index contributed by atoms with van der Waals surface area (Å²) in [4.78, 5) is 26.0. The maximum atomic E-state index is 12.6. The van der Waals surface area contributed by atoms with Gasteiger partial charge in [-0.05, 0) is 37.3 Å². The lowest BCUT2D eigenvalue weighted by Gasteiger charge is -2.32. The predicted molar refractivity (Wildman–Crippen MR) is 91.9 cm³/mol. The second-order valence-corrected chi connectivity index (χ2v) is 6.58. The van der Waals surface area contributed by atoms with Gasteiger partial charge in [0.05, 0.1) is 13.0 Å². The summed E-state index contributed by atoms with van der Waals surface area (Å²) < 4.78 is 10.7. The molecule has 5 nitrogen and oxygen atoms in total. The number of piperidine rings is 1. The van der Waals surface area contributed by atoms with E-state index in [1.807, 2.05) is 24.3 Å². The Morgan fingerprint density at radius 3 is 2.33 bits per heavy atom. The van der Waals surface area contributed by atoms with Crippen LogP contribution in [-0.4, -0.2) is 43.1 Å². The quantitative estimate of drug-likeness (QED) is 0.777. The first kappa shape index (κ1) is 18.3. The van der Waals surface area contributed by atoms with Crippen LogP contribution in [-0.2, 0) is 14.3 Å². The van der Waals surface area contributed by atoms with Gasteiger partial charge in [0.2, 0.25) is 0 Å². The second-order valence-electron chi connectivity index (χ2n) is 6.58. The van der Waals surface area contributed by atoms with Gasteiger partial charge in [-0.3, -0.25) is 9.59 Å². The molecule has 1 amide bonds. The summed E-state index contributed by atoms with van der Waals surface area (Å²) in [5.74, 6) is 0.781. The molecule has 24 heavy (non-hydrogen) atoms. The van der Waals surface area contributed by atoms with Crippen LogP contribution in [0.3, 0.4) is 0 Å². The molecule has 1 aromatic carbocycles. The molecule has 1 heterocycles. The summed E-state index contributed by atoms with van der Waals surface area (Å²) in [6.45, 7) is 7.13. The van der Waals surface area contributed by atoms with Gasteiger partial charge in [0.1, 0.15) is 5.75 Å². The van der Waals surface area contributed by atoms with Gasteiger partial charge in [-0.25, -0.2) is 0 Å². The van der Waals surface area contributed by atoms with Crippen LogP contribution in [0.15, 0.2) is 24.3 Å². The molecule has 1 aliphatic heterocycles. The third-order valence-electron chi connectivity index (χ3n) is 4.53. The molecule has 132 valence electrons.